The van der Waals surface area contributed by atoms with E-state index in [1.165, 1.54) is 7.11 Å². The van der Waals surface area contributed by atoms with Gasteiger partial charge in [-0.05, 0) is 23.8 Å². The van der Waals surface area contributed by atoms with Crippen LogP contribution in [0, 0.1) is 0 Å². The molecule has 2 rings (SSSR count). The number of ether oxygens (including phenoxy) is 2. The van der Waals surface area contributed by atoms with E-state index in [-0.39, 0.29) is 12.3 Å². The van der Waals surface area contributed by atoms with Gasteiger partial charge in [-0.2, -0.15) is 0 Å². The number of benzene rings is 2. The van der Waals surface area contributed by atoms with E-state index in [2.05, 4.69) is 5.16 Å². The molecular formula is C18H19ClN2O4. The molecule has 0 aliphatic rings. The summed E-state index contributed by atoms with van der Waals surface area (Å²) in [5.41, 5.74) is 7.36. The second kappa shape index (κ2) is 8.94. The van der Waals surface area contributed by atoms with Crippen LogP contribution < -0.4 is 15.2 Å². The summed E-state index contributed by atoms with van der Waals surface area (Å²) in [5, 5.41) is 4.31. The molecule has 0 saturated carbocycles. The Morgan fingerprint density at radius 2 is 1.80 bits per heavy atom. The molecule has 6 nitrogen and oxygen atoms in total. The first-order valence-electron chi connectivity index (χ1n) is 7.49. The molecule has 0 amide bonds. The van der Waals surface area contributed by atoms with Crippen LogP contribution in [0.2, 0.25) is 5.02 Å². The topological polar surface area (TPSA) is 83.1 Å². The van der Waals surface area contributed by atoms with Crippen molar-refractivity contribution in [3.05, 3.63) is 58.6 Å². The molecule has 0 heterocycles. The molecule has 7 heteroatoms. The molecule has 0 saturated heterocycles. The molecule has 0 radical (unpaired) electrons. The number of amidine groups is 1. The fourth-order valence-electron chi connectivity index (χ4n) is 2.14. The van der Waals surface area contributed by atoms with Gasteiger partial charge in [-0.15, -0.1) is 0 Å². The third-order valence-corrected chi connectivity index (χ3v) is 3.64. The lowest BCUT2D eigenvalue weighted by Gasteiger charge is -2.09. The number of halogens is 1. The smallest absolute Gasteiger partial charge is 0.339 e. The van der Waals surface area contributed by atoms with E-state index < -0.39 is 5.97 Å². The van der Waals surface area contributed by atoms with Crippen molar-refractivity contribution in [1.82, 2.24) is 0 Å². The molecule has 0 aliphatic carbocycles. The standard InChI is InChI=1S/C18H19ClN2O4/c1-23-15-8-5-13(16(11-15)24-2)10-18(22)25-21-17(20)9-12-3-6-14(19)7-4-12/h3-8,11H,9-10H2,1-2H3,(H2,20,21). The van der Waals surface area contributed by atoms with Crippen LogP contribution >= 0.6 is 11.6 Å². The van der Waals surface area contributed by atoms with Gasteiger partial charge in [-0.3, -0.25) is 0 Å². The zero-order valence-corrected chi connectivity index (χ0v) is 14.7. The maximum absolute atomic E-state index is 11.9. The highest BCUT2D eigenvalue weighted by Crippen LogP contribution is 2.25. The zero-order chi connectivity index (χ0) is 18.2. The van der Waals surface area contributed by atoms with Crippen LogP contribution in [0.3, 0.4) is 0 Å². The zero-order valence-electron chi connectivity index (χ0n) is 14.0. The Morgan fingerprint density at radius 3 is 2.44 bits per heavy atom. The average molecular weight is 363 g/mol. The number of hydrogen-bond acceptors (Lipinski definition) is 5. The minimum absolute atomic E-state index is 0.00485. The first-order valence-corrected chi connectivity index (χ1v) is 7.87. The van der Waals surface area contributed by atoms with Crippen LogP contribution in [0.5, 0.6) is 11.5 Å². The third-order valence-electron chi connectivity index (χ3n) is 3.39. The monoisotopic (exact) mass is 362 g/mol. The van der Waals surface area contributed by atoms with E-state index in [1.54, 1.807) is 37.4 Å². The molecule has 25 heavy (non-hydrogen) atoms. The highest BCUT2D eigenvalue weighted by atomic mass is 35.5. The van der Waals surface area contributed by atoms with Gasteiger partial charge in [0.25, 0.3) is 0 Å². The van der Waals surface area contributed by atoms with Crippen LogP contribution in [-0.4, -0.2) is 26.0 Å². The fraction of sp³-hybridized carbons (Fsp3) is 0.222. The molecule has 0 unspecified atom stereocenters. The van der Waals surface area contributed by atoms with E-state index in [0.29, 0.717) is 28.5 Å². The molecule has 132 valence electrons. The minimum atomic E-state index is -0.539. The fourth-order valence-corrected chi connectivity index (χ4v) is 2.26. The Labute approximate surface area is 151 Å². The van der Waals surface area contributed by atoms with E-state index in [9.17, 15) is 4.79 Å². The van der Waals surface area contributed by atoms with Crippen molar-refractivity contribution in [3.8, 4) is 11.5 Å². The van der Waals surface area contributed by atoms with Crippen molar-refractivity contribution in [1.29, 1.82) is 0 Å². The van der Waals surface area contributed by atoms with Crippen molar-refractivity contribution in [2.45, 2.75) is 12.8 Å². The number of nitrogens with zero attached hydrogens (tertiary/aromatic N) is 1. The maximum Gasteiger partial charge on any atom is 0.339 e. The summed E-state index contributed by atoms with van der Waals surface area (Å²) < 4.78 is 10.4. The summed E-state index contributed by atoms with van der Waals surface area (Å²) in [6, 6.07) is 12.3. The number of nitrogens with two attached hydrogens (primary N) is 1. The van der Waals surface area contributed by atoms with Crippen molar-refractivity contribution in [3.63, 3.8) is 0 Å². The number of hydrogen-bond donors (Lipinski definition) is 1. The van der Waals surface area contributed by atoms with Gasteiger partial charge in [-0.25, -0.2) is 4.79 Å². The van der Waals surface area contributed by atoms with E-state index in [0.717, 1.165) is 5.56 Å². The van der Waals surface area contributed by atoms with Crippen LogP contribution in [0.15, 0.2) is 47.6 Å². The molecular weight excluding hydrogens is 344 g/mol. The normalized spacial score (nSPS) is 11.1. The van der Waals surface area contributed by atoms with Crippen molar-refractivity contribution >= 4 is 23.4 Å². The Bertz CT molecular complexity index is 760. The Kier molecular flexibility index (Phi) is 6.65. The van der Waals surface area contributed by atoms with Crippen molar-refractivity contribution in [2.75, 3.05) is 14.2 Å². The third kappa shape index (κ3) is 5.69. The number of rotatable bonds is 7. The van der Waals surface area contributed by atoms with Gasteiger partial charge < -0.3 is 20.0 Å². The molecule has 2 N–H and O–H groups in total. The van der Waals surface area contributed by atoms with Gasteiger partial charge in [-0.1, -0.05) is 35.0 Å². The van der Waals surface area contributed by atoms with Crippen LogP contribution in [-0.2, 0) is 22.5 Å². The van der Waals surface area contributed by atoms with Gasteiger partial charge >= 0.3 is 5.97 Å². The maximum atomic E-state index is 11.9. The molecule has 0 fully saturated rings. The molecule has 0 aliphatic heterocycles. The first kappa shape index (κ1) is 18.6. The van der Waals surface area contributed by atoms with Crippen LogP contribution in [0.4, 0.5) is 0 Å². The van der Waals surface area contributed by atoms with Gasteiger partial charge in [0, 0.05) is 23.1 Å². The summed E-state index contributed by atoms with van der Waals surface area (Å²) >= 11 is 5.82. The highest BCUT2D eigenvalue weighted by molar-refractivity contribution is 6.30. The molecule has 0 bridgehead atoms. The van der Waals surface area contributed by atoms with Crippen molar-refractivity contribution < 1.29 is 19.1 Å². The first-order chi connectivity index (χ1) is 12.0. The van der Waals surface area contributed by atoms with E-state index in [1.807, 2.05) is 12.1 Å². The lowest BCUT2D eigenvalue weighted by Crippen LogP contribution is -2.17. The van der Waals surface area contributed by atoms with E-state index >= 15 is 0 Å². The van der Waals surface area contributed by atoms with E-state index in [4.69, 9.17) is 31.6 Å². The molecule has 2 aromatic rings. The van der Waals surface area contributed by atoms with Crippen LogP contribution in [0.1, 0.15) is 11.1 Å². The number of carbonyl (C=O) groups excluding carboxylic acids is 1. The quantitative estimate of drug-likeness (QED) is 0.354. The highest BCUT2D eigenvalue weighted by Gasteiger charge is 2.11. The number of carbonyl (C=O) groups is 1. The Morgan fingerprint density at radius 1 is 1.08 bits per heavy atom. The lowest BCUT2D eigenvalue weighted by atomic mass is 10.1. The van der Waals surface area contributed by atoms with Gasteiger partial charge in [0.1, 0.15) is 17.3 Å². The second-order valence-corrected chi connectivity index (χ2v) is 5.64. The summed E-state index contributed by atoms with van der Waals surface area (Å²) in [4.78, 5) is 16.8. The molecule has 0 spiro atoms. The van der Waals surface area contributed by atoms with Crippen molar-refractivity contribution in [2.24, 2.45) is 10.9 Å². The summed E-state index contributed by atoms with van der Waals surface area (Å²) in [5.74, 6) is 0.827. The minimum Gasteiger partial charge on any atom is -0.497 e. The summed E-state index contributed by atoms with van der Waals surface area (Å²) in [7, 11) is 3.08. The molecule has 0 atom stereocenters. The second-order valence-electron chi connectivity index (χ2n) is 5.20. The number of methoxy groups -OCH3 is 2. The predicted octanol–water partition coefficient (Wildman–Crippen LogP) is 2.96. The van der Waals surface area contributed by atoms with Gasteiger partial charge in [0.15, 0.2) is 0 Å². The number of oxime groups is 1. The molecule has 2 aromatic carbocycles. The average Bonchev–Trinajstić information content (AvgIpc) is 2.62. The largest absolute Gasteiger partial charge is 0.497 e. The lowest BCUT2D eigenvalue weighted by molar-refractivity contribution is -0.142. The molecule has 0 aromatic heterocycles. The summed E-state index contributed by atoms with van der Waals surface area (Å²) in [6.45, 7) is 0. The Balaban J connectivity index is 1.94. The predicted molar refractivity (Wildman–Crippen MR) is 96.1 cm³/mol. The SMILES string of the molecule is COc1ccc(CC(=O)ON=C(N)Cc2ccc(Cl)cc2)c(OC)c1. The van der Waals surface area contributed by atoms with Gasteiger partial charge in [0.2, 0.25) is 0 Å². The summed E-state index contributed by atoms with van der Waals surface area (Å²) in [6.07, 6.45) is 0.362. The van der Waals surface area contributed by atoms with Crippen LogP contribution in [0.25, 0.3) is 0 Å². The Hall–Kier alpha value is -2.73. The van der Waals surface area contributed by atoms with Gasteiger partial charge in [0.05, 0.1) is 20.6 Å².